The molecule has 10 nitrogen and oxygen atoms in total. The van der Waals surface area contributed by atoms with Gasteiger partial charge in [-0.15, -0.1) is 0 Å². The summed E-state index contributed by atoms with van der Waals surface area (Å²) in [5.74, 6) is -0.789. The third-order valence-electron chi connectivity index (χ3n) is 12.2. The molecular weight excluding hydrogens is 761 g/mol. The summed E-state index contributed by atoms with van der Waals surface area (Å²) in [5.41, 5.74) is 0. The Hall–Kier alpha value is -1.30. The van der Waals surface area contributed by atoms with Gasteiger partial charge in [-0.2, -0.15) is 0 Å². The van der Waals surface area contributed by atoms with Gasteiger partial charge < -0.3 is 39.4 Å². The molecule has 0 aliphatic carbocycles. The third-order valence-corrected chi connectivity index (χ3v) is 12.2. The Balaban J connectivity index is 2.19. The predicted molar refractivity (Wildman–Crippen MR) is 243 cm³/mol. The molecule has 0 saturated carbocycles. The van der Waals surface area contributed by atoms with E-state index in [4.69, 9.17) is 18.9 Å². The molecule has 0 aromatic carbocycles. The lowest BCUT2D eigenvalue weighted by molar-refractivity contribution is -0.305. The first-order chi connectivity index (χ1) is 29.3. The van der Waals surface area contributed by atoms with E-state index in [1.54, 1.807) is 0 Å². The van der Waals surface area contributed by atoms with Gasteiger partial charge in [0, 0.05) is 12.8 Å². The smallest absolute Gasteiger partial charge is 0.306 e. The average molecular weight is 857 g/mol. The average Bonchev–Trinajstić information content (AvgIpc) is 3.25. The van der Waals surface area contributed by atoms with Gasteiger partial charge in [-0.3, -0.25) is 9.59 Å². The van der Waals surface area contributed by atoms with E-state index in [1.807, 2.05) is 0 Å². The summed E-state index contributed by atoms with van der Waals surface area (Å²) in [6.45, 7) is 3.46. The maximum Gasteiger partial charge on any atom is 0.306 e. The number of hydrogen-bond donors (Lipinski definition) is 4. The monoisotopic (exact) mass is 857 g/mol. The van der Waals surface area contributed by atoms with Crippen molar-refractivity contribution in [2.75, 3.05) is 19.8 Å². The number of unbranched alkanes of at least 4 members (excludes halogenated alkanes) is 33. The van der Waals surface area contributed by atoms with Gasteiger partial charge in [0.2, 0.25) is 0 Å². The van der Waals surface area contributed by atoms with Crippen LogP contribution >= 0.6 is 0 Å². The van der Waals surface area contributed by atoms with Crippen LogP contribution in [0.4, 0.5) is 0 Å². The highest BCUT2D eigenvalue weighted by atomic mass is 16.7. The van der Waals surface area contributed by atoms with Crippen LogP contribution in [0.3, 0.4) is 0 Å². The number of aliphatic hydroxyl groups excluding tert-OH is 4. The van der Waals surface area contributed by atoms with E-state index in [2.05, 4.69) is 13.8 Å². The molecule has 0 bridgehead atoms. The number of hydrogen-bond acceptors (Lipinski definition) is 10. The minimum absolute atomic E-state index is 0.209. The maximum atomic E-state index is 12.8. The van der Waals surface area contributed by atoms with Gasteiger partial charge >= 0.3 is 11.9 Å². The molecule has 4 N–H and O–H groups in total. The molecule has 1 heterocycles. The molecule has 6 unspecified atom stereocenters. The lowest BCUT2D eigenvalue weighted by atomic mass is 9.99. The van der Waals surface area contributed by atoms with Crippen LogP contribution in [-0.4, -0.2) is 89.0 Å². The molecule has 0 aromatic heterocycles. The topological polar surface area (TPSA) is 152 Å². The first kappa shape index (κ1) is 56.7. The van der Waals surface area contributed by atoms with Crippen LogP contribution in [0.2, 0.25) is 0 Å². The summed E-state index contributed by atoms with van der Waals surface area (Å²) in [6.07, 6.45) is 37.0. The van der Waals surface area contributed by atoms with E-state index in [-0.39, 0.29) is 32.0 Å². The van der Waals surface area contributed by atoms with Crippen molar-refractivity contribution in [3.8, 4) is 0 Å². The predicted octanol–water partition coefficient (Wildman–Crippen LogP) is 11.7. The molecule has 10 heteroatoms. The Kier molecular flexibility index (Phi) is 39.4. The van der Waals surface area contributed by atoms with E-state index in [1.165, 1.54) is 186 Å². The first-order valence-corrected chi connectivity index (χ1v) is 25.6. The zero-order chi connectivity index (χ0) is 43.7. The zero-order valence-corrected chi connectivity index (χ0v) is 39.0. The van der Waals surface area contributed by atoms with Crippen molar-refractivity contribution in [1.82, 2.24) is 0 Å². The van der Waals surface area contributed by atoms with Crippen LogP contribution in [0.15, 0.2) is 0 Å². The highest BCUT2D eigenvalue weighted by Gasteiger charge is 2.44. The van der Waals surface area contributed by atoms with E-state index in [0.717, 1.165) is 32.1 Å². The largest absolute Gasteiger partial charge is 0.462 e. The molecular formula is C50H96O10. The van der Waals surface area contributed by atoms with Gasteiger partial charge in [-0.25, -0.2) is 0 Å². The van der Waals surface area contributed by atoms with E-state index in [0.29, 0.717) is 6.42 Å². The summed E-state index contributed by atoms with van der Waals surface area (Å²) >= 11 is 0. The van der Waals surface area contributed by atoms with Crippen molar-refractivity contribution in [2.24, 2.45) is 0 Å². The second-order valence-electron chi connectivity index (χ2n) is 18.0. The van der Waals surface area contributed by atoms with Crippen molar-refractivity contribution in [1.29, 1.82) is 0 Å². The van der Waals surface area contributed by atoms with Crippen LogP contribution in [0, 0.1) is 0 Å². The van der Waals surface area contributed by atoms with Gasteiger partial charge in [-0.1, -0.05) is 226 Å². The van der Waals surface area contributed by atoms with Gasteiger partial charge in [-0.05, 0) is 12.8 Å². The van der Waals surface area contributed by atoms with Crippen LogP contribution < -0.4 is 0 Å². The molecule has 0 aromatic rings. The van der Waals surface area contributed by atoms with E-state index >= 15 is 0 Å². The van der Waals surface area contributed by atoms with Crippen LogP contribution in [-0.2, 0) is 28.5 Å². The second kappa shape index (κ2) is 41.7. The van der Waals surface area contributed by atoms with E-state index < -0.39 is 49.4 Å². The quantitative estimate of drug-likeness (QED) is 0.0344. The molecule has 356 valence electrons. The Morgan fingerprint density at radius 3 is 1.13 bits per heavy atom. The molecule has 1 aliphatic heterocycles. The van der Waals surface area contributed by atoms with Crippen LogP contribution in [0.5, 0.6) is 0 Å². The standard InChI is InChI=1S/C50H96O10/c1-3-5-7-9-11-13-15-16-17-18-19-20-21-22-23-24-25-26-27-29-31-33-35-37-39-46(53)59-43(42-58-50-49(56)48(55)47(54)44(40-51)60-50)41-57-45(52)38-36-34-32-30-28-14-12-10-8-6-4-2/h43-44,47-51,54-56H,3-42H2,1-2H3. The van der Waals surface area contributed by atoms with Crippen molar-refractivity contribution < 1.29 is 49.0 Å². The normalized spacial score (nSPS) is 19.7. The highest BCUT2D eigenvalue weighted by Crippen LogP contribution is 2.23. The fourth-order valence-corrected chi connectivity index (χ4v) is 8.19. The molecule has 60 heavy (non-hydrogen) atoms. The van der Waals surface area contributed by atoms with Gasteiger partial charge in [0.1, 0.15) is 31.0 Å². The zero-order valence-electron chi connectivity index (χ0n) is 39.0. The van der Waals surface area contributed by atoms with Gasteiger partial charge in [0.05, 0.1) is 13.2 Å². The van der Waals surface area contributed by atoms with Crippen LogP contribution in [0.1, 0.15) is 251 Å². The summed E-state index contributed by atoms with van der Waals surface area (Å²) in [6, 6.07) is 0. The summed E-state index contributed by atoms with van der Waals surface area (Å²) in [4.78, 5) is 25.4. The summed E-state index contributed by atoms with van der Waals surface area (Å²) in [5, 5.41) is 40.1. The fraction of sp³-hybridized carbons (Fsp3) is 0.960. The minimum atomic E-state index is -1.59. The Morgan fingerprint density at radius 1 is 0.450 bits per heavy atom. The van der Waals surface area contributed by atoms with E-state index in [9.17, 15) is 30.0 Å². The van der Waals surface area contributed by atoms with Crippen molar-refractivity contribution in [3.05, 3.63) is 0 Å². The van der Waals surface area contributed by atoms with Gasteiger partial charge in [0.15, 0.2) is 12.4 Å². The Morgan fingerprint density at radius 2 is 0.783 bits per heavy atom. The maximum absolute atomic E-state index is 12.8. The number of rotatable bonds is 44. The van der Waals surface area contributed by atoms with Crippen molar-refractivity contribution in [3.63, 3.8) is 0 Å². The molecule has 6 atom stereocenters. The number of carbonyl (C=O) groups is 2. The van der Waals surface area contributed by atoms with Crippen LogP contribution in [0.25, 0.3) is 0 Å². The number of carbonyl (C=O) groups excluding carboxylic acids is 2. The van der Waals surface area contributed by atoms with Crippen molar-refractivity contribution >= 4 is 11.9 Å². The molecule has 1 aliphatic rings. The molecule has 0 amide bonds. The third kappa shape index (κ3) is 32.4. The molecule has 1 fully saturated rings. The molecule has 1 saturated heterocycles. The fourth-order valence-electron chi connectivity index (χ4n) is 8.19. The number of aliphatic hydroxyl groups is 4. The minimum Gasteiger partial charge on any atom is -0.462 e. The summed E-state index contributed by atoms with van der Waals surface area (Å²) < 4.78 is 22.2. The SMILES string of the molecule is CCCCCCCCCCCCCCCCCCCCCCCCCCC(=O)OC(COC(=O)CCCCCCCCCCCCC)COC1OC(CO)C(O)C(O)C1O. The number of esters is 2. The number of ether oxygens (including phenoxy) is 4. The lowest BCUT2D eigenvalue weighted by Gasteiger charge is -2.39. The second-order valence-corrected chi connectivity index (χ2v) is 18.0. The van der Waals surface area contributed by atoms with Crippen molar-refractivity contribution in [2.45, 2.75) is 288 Å². The Bertz CT molecular complexity index is 948. The Labute approximate surface area is 368 Å². The van der Waals surface area contributed by atoms with Gasteiger partial charge in [0.25, 0.3) is 0 Å². The highest BCUT2D eigenvalue weighted by molar-refractivity contribution is 5.70. The summed E-state index contributed by atoms with van der Waals surface area (Å²) in [7, 11) is 0. The molecule has 0 spiro atoms. The lowest BCUT2D eigenvalue weighted by Crippen LogP contribution is -2.59. The molecule has 0 radical (unpaired) electrons. The first-order valence-electron chi connectivity index (χ1n) is 25.6. The molecule has 1 rings (SSSR count).